The van der Waals surface area contributed by atoms with E-state index in [1.807, 2.05) is 31.2 Å². The van der Waals surface area contributed by atoms with E-state index in [1.165, 1.54) is 18.4 Å². The largest absolute Gasteiger partial charge is 0.465 e. The predicted molar refractivity (Wildman–Crippen MR) is 116 cm³/mol. The minimum atomic E-state index is -0.406. The van der Waals surface area contributed by atoms with E-state index < -0.39 is 5.97 Å². The second-order valence-electron chi connectivity index (χ2n) is 6.99. The predicted octanol–water partition coefficient (Wildman–Crippen LogP) is 4.50. The number of fused-ring (bicyclic) bond motifs is 1. The van der Waals surface area contributed by atoms with Crippen LogP contribution in [0.4, 0.5) is 5.00 Å². The second kappa shape index (κ2) is 9.01. The fourth-order valence-electron chi connectivity index (χ4n) is 3.42. The van der Waals surface area contributed by atoms with Crippen molar-refractivity contribution in [3.05, 3.63) is 45.8 Å². The number of methoxy groups -OCH3 is 1. The van der Waals surface area contributed by atoms with Gasteiger partial charge in [0, 0.05) is 10.4 Å². The van der Waals surface area contributed by atoms with E-state index in [1.54, 1.807) is 0 Å². The molecular formula is C21H21N3O4S2. The molecule has 2 aromatic heterocycles. The molecule has 4 rings (SSSR count). The Morgan fingerprint density at radius 2 is 2.10 bits per heavy atom. The Labute approximate surface area is 182 Å². The molecule has 0 fully saturated rings. The van der Waals surface area contributed by atoms with Gasteiger partial charge in [-0.3, -0.25) is 4.79 Å². The molecule has 1 amide bonds. The lowest BCUT2D eigenvalue weighted by Gasteiger charge is -2.11. The van der Waals surface area contributed by atoms with Crippen molar-refractivity contribution < 1.29 is 18.7 Å². The first-order valence-electron chi connectivity index (χ1n) is 9.61. The van der Waals surface area contributed by atoms with Crippen molar-refractivity contribution >= 4 is 40.0 Å². The van der Waals surface area contributed by atoms with Gasteiger partial charge in [0.05, 0.1) is 18.4 Å². The average molecular weight is 444 g/mol. The SMILES string of the molecule is COC(=O)c1c(NC(=O)CSc2nnc(-c3cccc(C)c3)o2)sc2c1CCCC2. The lowest BCUT2D eigenvalue weighted by Crippen LogP contribution is -2.16. The van der Waals surface area contributed by atoms with Gasteiger partial charge in [0.25, 0.3) is 5.22 Å². The van der Waals surface area contributed by atoms with Crippen molar-refractivity contribution in [2.75, 3.05) is 18.2 Å². The van der Waals surface area contributed by atoms with Crippen molar-refractivity contribution in [2.24, 2.45) is 0 Å². The van der Waals surface area contributed by atoms with Gasteiger partial charge in [-0.1, -0.05) is 29.5 Å². The van der Waals surface area contributed by atoms with Gasteiger partial charge in [0.2, 0.25) is 11.8 Å². The molecule has 7 nitrogen and oxygen atoms in total. The standard InChI is InChI=1S/C21H21N3O4S2/c1-12-6-5-7-13(10-12)18-23-24-21(28-18)29-11-16(25)22-19-17(20(26)27-2)14-8-3-4-9-15(14)30-19/h5-7,10H,3-4,8-9,11H2,1-2H3,(H,22,25). The first-order valence-corrected chi connectivity index (χ1v) is 11.4. The molecular weight excluding hydrogens is 422 g/mol. The zero-order valence-electron chi connectivity index (χ0n) is 16.7. The number of hydrogen-bond donors (Lipinski definition) is 1. The third kappa shape index (κ3) is 4.41. The van der Waals surface area contributed by atoms with Crippen LogP contribution < -0.4 is 5.32 Å². The number of thiophene rings is 1. The summed E-state index contributed by atoms with van der Waals surface area (Å²) in [7, 11) is 1.36. The van der Waals surface area contributed by atoms with E-state index in [2.05, 4.69) is 15.5 Å². The van der Waals surface area contributed by atoms with E-state index in [4.69, 9.17) is 9.15 Å². The Bertz CT molecular complexity index is 1090. The molecule has 1 N–H and O–H groups in total. The second-order valence-corrected chi connectivity index (χ2v) is 9.02. The minimum absolute atomic E-state index is 0.0959. The maximum absolute atomic E-state index is 12.5. The van der Waals surface area contributed by atoms with E-state index in [0.717, 1.165) is 59.0 Å². The number of carbonyl (C=O) groups is 2. The van der Waals surface area contributed by atoms with Crippen LogP contribution in [-0.2, 0) is 22.4 Å². The molecule has 0 radical (unpaired) electrons. The Kier molecular flexibility index (Phi) is 6.19. The highest BCUT2D eigenvalue weighted by molar-refractivity contribution is 7.99. The summed E-state index contributed by atoms with van der Waals surface area (Å²) in [6, 6.07) is 7.77. The maximum atomic E-state index is 12.5. The molecule has 1 aliphatic rings. The highest BCUT2D eigenvalue weighted by Crippen LogP contribution is 2.38. The zero-order chi connectivity index (χ0) is 21.1. The van der Waals surface area contributed by atoms with Gasteiger partial charge >= 0.3 is 5.97 Å². The zero-order valence-corrected chi connectivity index (χ0v) is 18.3. The number of rotatable bonds is 6. The maximum Gasteiger partial charge on any atom is 0.341 e. The number of nitrogens with zero attached hydrogens (tertiary/aromatic N) is 2. The molecule has 30 heavy (non-hydrogen) atoms. The van der Waals surface area contributed by atoms with Gasteiger partial charge < -0.3 is 14.5 Å². The van der Waals surface area contributed by atoms with Crippen molar-refractivity contribution in [1.29, 1.82) is 0 Å². The monoisotopic (exact) mass is 443 g/mol. The number of amides is 1. The number of aryl methyl sites for hydroxylation is 2. The van der Waals surface area contributed by atoms with E-state index in [9.17, 15) is 9.59 Å². The van der Waals surface area contributed by atoms with Crippen LogP contribution in [-0.4, -0.2) is 34.9 Å². The van der Waals surface area contributed by atoms with Gasteiger partial charge in [-0.2, -0.15) is 0 Å². The Hall–Kier alpha value is -2.65. The Morgan fingerprint density at radius 3 is 2.90 bits per heavy atom. The summed E-state index contributed by atoms with van der Waals surface area (Å²) in [5, 5.41) is 11.8. The van der Waals surface area contributed by atoms with Crippen LogP contribution in [0, 0.1) is 6.92 Å². The third-order valence-corrected chi connectivity index (χ3v) is 6.84. The quantitative estimate of drug-likeness (QED) is 0.443. The molecule has 1 aromatic carbocycles. The summed E-state index contributed by atoms with van der Waals surface area (Å²) in [5.41, 5.74) is 3.45. The van der Waals surface area contributed by atoms with Crippen LogP contribution in [0.5, 0.6) is 0 Å². The molecule has 1 aliphatic carbocycles. The van der Waals surface area contributed by atoms with Crippen LogP contribution in [0.1, 0.15) is 39.2 Å². The summed E-state index contributed by atoms with van der Waals surface area (Å²) < 4.78 is 10.6. The minimum Gasteiger partial charge on any atom is -0.465 e. The molecule has 2 heterocycles. The van der Waals surface area contributed by atoms with Crippen LogP contribution in [0.15, 0.2) is 33.9 Å². The first-order chi connectivity index (χ1) is 14.5. The summed E-state index contributed by atoms with van der Waals surface area (Å²) in [5.74, 6) is -0.129. The highest BCUT2D eigenvalue weighted by Gasteiger charge is 2.27. The molecule has 156 valence electrons. The molecule has 0 unspecified atom stereocenters. The van der Waals surface area contributed by atoms with Gasteiger partial charge in [0.1, 0.15) is 5.00 Å². The fourth-order valence-corrected chi connectivity index (χ4v) is 5.28. The lowest BCUT2D eigenvalue weighted by atomic mass is 9.95. The number of esters is 1. The number of thioether (sulfide) groups is 1. The normalized spacial score (nSPS) is 13.0. The van der Waals surface area contributed by atoms with Crippen molar-refractivity contribution in [3.8, 4) is 11.5 Å². The number of nitrogens with one attached hydrogen (secondary N) is 1. The molecule has 9 heteroatoms. The molecule has 0 saturated carbocycles. The van der Waals surface area contributed by atoms with E-state index in [-0.39, 0.29) is 11.7 Å². The average Bonchev–Trinajstić information content (AvgIpc) is 3.36. The summed E-state index contributed by atoms with van der Waals surface area (Å²) in [4.78, 5) is 26.0. The fraction of sp³-hybridized carbons (Fsp3) is 0.333. The third-order valence-electron chi connectivity index (χ3n) is 4.81. The van der Waals surface area contributed by atoms with Gasteiger partial charge in [-0.05, 0) is 50.3 Å². The summed E-state index contributed by atoms with van der Waals surface area (Å²) >= 11 is 2.62. The summed E-state index contributed by atoms with van der Waals surface area (Å²) in [6.45, 7) is 1.99. The van der Waals surface area contributed by atoms with Crippen LogP contribution in [0.2, 0.25) is 0 Å². The molecule has 0 spiro atoms. The van der Waals surface area contributed by atoms with Crippen molar-refractivity contribution in [2.45, 2.75) is 37.8 Å². The van der Waals surface area contributed by atoms with Gasteiger partial charge in [0.15, 0.2) is 0 Å². The van der Waals surface area contributed by atoms with Gasteiger partial charge in [-0.25, -0.2) is 4.79 Å². The Morgan fingerprint density at radius 1 is 1.27 bits per heavy atom. The highest BCUT2D eigenvalue weighted by atomic mass is 32.2. The number of benzene rings is 1. The summed E-state index contributed by atoms with van der Waals surface area (Å²) in [6.07, 6.45) is 3.90. The Balaban J connectivity index is 1.42. The van der Waals surface area contributed by atoms with Crippen LogP contribution >= 0.6 is 23.1 Å². The van der Waals surface area contributed by atoms with Crippen LogP contribution in [0.3, 0.4) is 0 Å². The molecule has 3 aromatic rings. The molecule has 0 atom stereocenters. The van der Waals surface area contributed by atoms with E-state index in [0.29, 0.717) is 21.7 Å². The molecule has 0 aliphatic heterocycles. The number of hydrogen-bond acceptors (Lipinski definition) is 8. The number of carbonyl (C=O) groups excluding carboxylic acids is 2. The smallest absolute Gasteiger partial charge is 0.341 e. The first kappa shape index (κ1) is 20.6. The van der Waals surface area contributed by atoms with Crippen LogP contribution in [0.25, 0.3) is 11.5 Å². The topological polar surface area (TPSA) is 94.3 Å². The van der Waals surface area contributed by atoms with Crippen molar-refractivity contribution in [3.63, 3.8) is 0 Å². The lowest BCUT2D eigenvalue weighted by molar-refractivity contribution is -0.113. The number of ether oxygens (including phenoxy) is 1. The molecule has 0 bridgehead atoms. The van der Waals surface area contributed by atoms with Crippen molar-refractivity contribution in [1.82, 2.24) is 10.2 Å². The van der Waals surface area contributed by atoms with Gasteiger partial charge in [-0.15, -0.1) is 21.5 Å². The number of anilines is 1. The van der Waals surface area contributed by atoms with E-state index >= 15 is 0 Å². The number of aromatic nitrogens is 2. The molecule has 0 saturated heterocycles.